The van der Waals surface area contributed by atoms with Crippen LogP contribution in [-0.2, 0) is 6.54 Å². The first-order chi connectivity index (χ1) is 7.24. The van der Waals surface area contributed by atoms with Crippen LogP contribution in [0, 0.1) is 0 Å². The lowest BCUT2D eigenvalue weighted by molar-refractivity contribution is 0.199. The lowest BCUT2D eigenvalue weighted by atomic mass is 10.1. The molecule has 1 unspecified atom stereocenters. The Balaban J connectivity index is 1.96. The topological polar surface area (TPSA) is 42.1 Å². The van der Waals surface area contributed by atoms with Gasteiger partial charge < -0.3 is 5.73 Å². The average Bonchev–Trinajstić information content (AvgIpc) is 2.17. The smallest absolute Gasteiger partial charge is 0.129 e. The summed E-state index contributed by atoms with van der Waals surface area (Å²) in [6, 6.07) is 6.06. The number of pyridine rings is 1. The first-order valence-electron chi connectivity index (χ1n) is 5.33. The maximum atomic E-state index is 5.92. The van der Waals surface area contributed by atoms with Crippen molar-refractivity contribution in [3.8, 4) is 0 Å². The zero-order valence-corrected chi connectivity index (χ0v) is 9.45. The number of aromatic nitrogens is 1. The number of hydrogen-bond donors (Lipinski definition) is 1. The fourth-order valence-corrected chi connectivity index (χ4v) is 2.18. The van der Waals surface area contributed by atoms with Gasteiger partial charge in [0.05, 0.1) is 5.69 Å². The van der Waals surface area contributed by atoms with Crippen LogP contribution in [0.15, 0.2) is 18.2 Å². The Bertz CT molecular complexity index is 329. The summed E-state index contributed by atoms with van der Waals surface area (Å²) in [4.78, 5) is 6.62. The third kappa shape index (κ3) is 3.16. The van der Waals surface area contributed by atoms with Gasteiger partial charge in [0.2, 0.25) is 0 Å². The Morgan fingerprint density at radius 2 is 2.40 bits per heavy atom. The van der Waals surface area contributed by atoms with E-state index in [9.17, 15) is 0 Å². The lowest BCUT2D eigenvalue weighted by Gasteiger charge is -2.30. The molecule has 2 rings (SSSR count). The molecule has 1 aliphatic heterocycles. The molecule has 1 fully saturated rings. The summed E-state index contributed by atoms with van der Waals surface area (Å²) in [5, 5.41) is 0.564. The SMILES string of the molecule is NC1CCCN(Cc2cccc(Cl)n2)C1. The van der Waals surface area contributed by atoms with Gasteiger partial charge in [-0.3, -0.25) is 4.90 Å². The van der Waals surface area contributed by atoms with Gasteiger partial charge >= 0.3 is 0 Å². The highest BCUT2D eigenvalue weighted by Gasteiger charge is 2.16. The molecule has 3 nitrogen and oxygen atoms in total. The van der Waals surface area contributed by atoms with Crippen molar-refractivity contribution < 1.29 is 0 Å². The molecule has 0 spiro atoms. The van der Waals surface area contributed by atoms with Crippen molar-refractivity contribution in [2.75, 3.05) is 13.1 Å². The predicted octanol–water partition coefficient (Wildman–Crippen LogP) is 1.66. The monoisotopic (exact) mass is 225 g/mol. The molecule has 0 saturated carbocycles. The molecule has 15 heavy (non-hydrogen) atoms. The van der Waals surface area contributed by atoms with E-state index in [4.69, 9.17) is 17.3 Å². The highest BCUT2D eigenvalue weighted by Crippen LogP contribution is 2.12. The lowest BCUT2D eigenvalue weighted by Crippen LogP contribution is -2.42. The van der Waals surface area contributed by atoms with Crippen LogP contribution >= 0.6 is 11.6 Å². The van der Waals surface area contributed by atoms with E-state index in [1.54, 1.807) is 6.07 Å². The molecule has 2 N–H and O–H groups in total. The van der Waals surface area contributed by atoms with Crippen molar-refractivity contribution >= 4 is 11.6 Å². The van der Waals surface area contributed by atoms with E-state index in [-0.39, 0.29) is 0 Å². The minimum atomic E-state index is 0.318. The number of nitrogens with two attached hydrogens (primary N) is 1. The maximum absolute atomic E-state index is 5.92. The highest BCUT2D eigenvalue weighted by molar-refractivity contribution is 6.29. The van der Waals surface area contributed by atoms with Gasteiger partial charge in [0.1, 0.15) is 5.15 Å². The largest absolute Gasteiger partial charge is 0.327 e. The first-order valence-corrected chi connectivity index (χ1v) is 5.71. The molecular weight excluding hydrogens is 210 g/mol. The molecule has 1 aliphatic rings. The number of rotatable bonds is 2. The van der Waals surface area contributed by atoms with Gasteiger partial charge in [0, 0.05) is 19.1 Å². The molecule has 82 valence electrons. The zero-order chi connectivity index (χ0) is 10.7. The molecule has 1 aromatic rings. The molecule has 1 aromatic heterocycles. The van der Waals surface area contributed by atoms with Crippen LogP contribution in [0.2, 0.25) is 5.15 Å². The van der Waals surface area contributed by atoms with Crippen molar-refractivity contribution in [3.63, 3.8) is 0 Å². The van der Waals surface area contributed by atoms with Crippen LogP contribution in [0.5, 0.6) is 0 Å². The fraction of sp³-hybridized carbons (Fsp3) is 0.545. The molecule has 0 radical (unpaired) electrons. The quantitative estimate of drug-likeness (QED) is 0.779. The first kappa shape index (κ1) is 10.9. The Kier molecular flexibility index (Phi) is 3.57. The molecular formula is C11H16ClN3. The van der Waals surface area contributed by atoms with E-state index in [1.807, 2.05) is 12.1 Å². The van der Waals surface area contributed by atoms with Gasteiger partial charge in [-0.2, -0.15) is 0 Å². The molecule has 4 heteroatoms. The normalized spacial score (nSPS) is 22.9. The highest BCUT2D eigenvalue weighted by atomic mass is 35.5. The van der Waals surface area contributed by atoms with Crippen LogP contribution in [-0.4, -0.2) is 29.0 Å². The maximum Gasteiger partial charge on any atom is 0.129 e. The molecule has 1 atom stereocenters. The van der Waals surface area contributed by atoms with Gasteiger partial charge in [0.15, 0.2) is 0 Å². The second kappa shape index (κ2) is 4.92. The van der Waals surface area contributed by atoms with E-state index in [1.165, 1.54) is 6.42 Å². The predicted molar refractivity (Wildman–Crippen MR) is 61.7 cm³/mol. The third-order valence-electron chi connectivity index (χ3n) is 2.70. The summed E-state index contributed by atoms with van der Waals surface area (Å²) in [5.41, 5.74) is 6.95. The van der Waals surface area contributed by atoms with E-state index < -0.39 is 0 Å². The van der Waals surface area contributed by atoms with Crippen molar-refractivity contribution in [1.82, 2.24) is 9.88 Å². The van der Waals surface area contributed by atoms with Crippen LogP contribution < -0.4 is 5.73 Å². The Hall–Kier alpha value is -0.640. The second-order valence-electron chi connectivity index (χ2n) is 4.09. The Morgan fingerprint density at radius 3 is 3.13 bits per heavy atom. The van der Waals surface area contributed by atoms with E-state index in [0.717, 1.165) is 31.7 Å². The van der Waals surface area contributed by atoms with E-state index in [0.29, 0.717) is 11.2 Å². The van der Waals surface area contributed by atoms with Crippen molar-refractivity contribution in [3.05, 3.63) is 29.0 Å². The minimum Gasteiger partial charge on any atom is -0.327 e. The number of halogens is 1. The second-order valence-corrected chi connectivity index (χ2v) is 4.48. The number of likely N-dealkylation sites (tertiary alicyclic amines) is 1. The van der Waals surface area contributed by atoms with Crippen molar-refractivity contribution in [2.45, 2.75) is 25.4 Å². The van der Waals surface area contributed by atoms with Crippen LogP contribution in [0.4, 0.5) is 0 Å². The summed E-state index contributed by atoms with van der Waals surface area (Å²) < 4.78 is 0. The average molecular weight is 226 g/mol. The molecule has 0 aromatic carbocycles. The third-order valence-corrected chi connectivity index (χ3v) is 2.91. The van der Waals surface area contributed by atoms with Gasteiger partial charge in [-0.15, -0.1) is 0 Å². The molecule has 0 bridgehead atoms. The van der Waals surface area contributed by atoms with Crippen molar-refractivity contribution in [1.29, 1.82) is 0 Å². The summed E-state index contributed by atoms with van der Waals surface area (Å²) in [6.45, 7) is 2.93. The summed E-state index contributed by atoms with van der Waals surface area (Å²) in [7, 11) is 0. The number of nitrogens with zero attached hydrogens (tertiary/aromatic N) is 2. The van der Waals surface area contributed by atoms with E-state index >= 15 is 0 Å². The van der Waals surface area contributed by atoms with E-state index in [2.05, 4.69) is 9.88 Å². The molecule has 2 heterocycles. The van der Waals surface area contributed by atoms with Gasteiger partial charge in [-0.05, 0) is 31.5 Å². The zero-order valence-electron chi connectivity index (χ0n) is 8.69. The van der Waals surface area contributed by atoms with Crippen LogP contribution in [0.1, 0.15) is 18.5 Å². The Labute approximate surface area is 95.2 Å². The van der Waals surface area contributed by atoms with Gasteiger partial charge in [-0.1, -0.05) is 17.7 Å². The standard InChI is InChI=1S/C11H16ClN3/c12-11-5-1-4-10(14-11)8-15-6-2-3-9(13)7-15/h1,4-5,9H,2-3,6-8,13H2. The van der Waals surface area contributed by atoms with Crippen LogP contribution in [0.3, 0.4) is 0 Å². The fourth-order valence-electron chi connectivity index (χ4n) is 2.00. The molecule has 0 amide bonds. The summed E-state index contributed by atoms with van der Waals surface area (Å²) in [6.07, 6.45) is 2.32. The number of hydrogen-bond acceptors (Lipinski definition) is 3. The molecule has 0 aliphatic carbocycles. The van der Waals surface area contributed by atoms with Gasteiger partial charge in [0.25, 0.3) is 0 Å². The Morgan fingerprint density at radius 1 is 1.53 bits per heavy atom. The summed E-state index contributed by atoms with van der Waals surface area (Å²) >= 11 is 5.84. The minimum absolute atomic E-state index is 0.318. The summed E-state index contributed by atoms with van der Waals surface area (Å²) in [5.74, 6) is 0. The number of piperidine rings is 1. The van der Waals surface area contributed by atoms with Gasteiger partial charge in [-0.25, -0.2) is 4.98 Å². The van der Waals surface area contributed by atoms with Crippen LogP contribution in [0.25, 0.3) is 0 Å². The molecule has 1 saturated heterocycles. The van der Waals surface area contributed by atoms with Crippen molar-refractivity contribution in [2.24, 2.45) is 5.73 Å².